The van der Waals surface area contributed by atoms with Crippen LogP contribution in [0.2, 0.25) is 0 Å². The number of carbonyl (C=O) groups excluding carboxylic acids is 2. The van der Waals surface area contributed by atoms with E-state index in [-0.39, 0.29) is 24.0 Å². The molecule has 2 atom stereocenters. The molecule has 1 aromatic carbocycles. The molecule has 2 amide bonds. The van der Waals surface area contributed by atoms with Crippen LogP contribution in [0.15, 0.2) is 30.3 Å². The number of rotatable bonds is 2. The average Bonchev–Trinajstić information content (AvgIpc) is 2.82. The van der Waals surface area contributed by atoms with E-state index in [0.29, 0.717) is 19.6 Å². The maximum absolute atomic E-state index is 12.7. The van der Waals surface area contributed by atoms with Gasteiger partial charge < -0.3 is 9.64 Å². The highest BCUT2D eigenvalue weighted by molar-refractivity contribution is 5.82. The molecular weight excluding hydrogens is 306 g/mol. The zero-order valence-electron chi connectivity index (χ0n) is 14.5. The molecule has 2 saturated heterocycles. The van der Waals surface area contributed by atoms with Gasteiger partial charge in [-0.15, -0.1) is 0 Å². The summed E-state index contributed by atoms with van der Waals surface area (Å²) in [6, 6.07) is 10.00. The molecule has 1 N–H and O–H groups in total. The van der Waals surface area contributed by atoms with Crippen molar-refractivity contribution in [1.29, 1.82) is 0 Å². The molecule has 6 nitrogen and oxygen atoms in total. The fourth-order valence-electron chi connectivity index (χ4n) is 3.20. The van der Waals surface area contributed by atoms with E-state index < -0.39 is 5.60 Å². The molecule has 0 bridgehead atoms. The number of benzene rings is 1. The predicted octanol–water partition coefficient (Wildman–Crippen LogP) is 2.16. The lowest BCUT2D eigenvalue weighted by Gasteiger charge is -2.34. The molecule has 130 valence electrons. The second kappa shape index (κ2) is 6.43. The van der Waals surface area contributed by atoms with E-state index in [1.165, 1.54) is 0 Å². The lowest BCUT2D eigenvalue weighted by molar-refractivity contribution is -0.133. The van der Waals surface area contributed by atoms with Crippen LogP contribution >= 0.6 is 0 Å². The number of carbonyl (C=O) groups is 2. The number of likely N-dealkylation sites (tertiary alicyclic amines) is 1. The van der Waals surface area contributed by atoms with Crippen molar-refractivity contribution in [3.05, 3.63) is 35.9 Å². The van der Waals surface area contributed by atoms with Crippen molar-refractivity contribution >= 4 is 12.0 Å². The van der Waals surface area contributed by atoms with Gasteiger partial charge in [0.1, 0.15) is 5.60 Å². The highest BCUT2D eigenvalue weighted by Gasteiger charge is 2.44. The fraction of sp³-hybridized carbons (Fsp3) is 0.556. The van der Waals surface area contributed by atoms with E-state index in [1.54, 1.807) is 9.91 Å². The Labute approximate surface area is 142 Å². The van der Waals surface area contributed by atoms with Gasteiger partial charge in [0.05, 0.1) is 12.5 Å². The van der Waals surface area contributed by atoms with Gasteiger partial charge in [0.2, 0.25) is 5.91 Å². The molecule has 0 saturated carbocycles. The van der Waals surface area contributed by atoms with Crippen molar-refractivity contribution in [3.63, 3.8) is 0 Å². The number of amides is 2. The summed E-state index contributed by atoms with van der Waals surface area (Å²) in [6.07, 6.45) is 0.413. The Kier molecular flexibility index (Phi) is 4.49. The number of piperidine rings is 1. The quantitative estimate of drug-likeness (QED) is 0.902. The van der Waals surface area contributed by atoms with Crippen LogP contribution in [0, 0.1) is 5.92 Å². The molecule has 24 heavy (non-hydrogen) atoms. The average molecular weight is 331 g/mol. The topological polar surface area (TPSA) is 61.9 Å². The standard InChI is InChI=1S/C18H25N3O3/c1-18(2,3)24-17(23)20-10-9-15-14(12-20)16(22)21(19-15)11-13-7-5-4-6-8-13/h4-8,14-15,19H,9-12H2,1-3H3. The Morgan fingerprint density at radius 2 is 2.00 bits per heavy atom. The molecule has 3 rings (SSSR count). The molecule has 2 fully saturated rings. The van der Waals surface area contributed by atoms with Gasteiger partial charge in [0, 0.05) is 19.1 Å². The summed E-state index contributed by atoms with van der Waals surface area (Å²) < 4.78 is 5.43. The number of hydrazine groups is 1. The van der Waals surface area contributed by atoms with E-state index in [9.17, 15) is 9.59 Å². The number of hydrogen-bond donors (Lipinski definition) is 1. The van der Waals surface area contributed by atoms with Crippen LogP contribution in [0.25, 0.3) is 0 Å². The van der Waals surface area contributed by atoms with Crippen LogP contribution in [0.1, 0.15) is 32.8 Å². The summed E-state index contributed by atoms with van der Waals surface area (Å²) in [7, 11) is 0. The summed E-state index contributed by atoms with van der Waals surface area (Å²) in [4.78, 5) is 26.6. The van der Waals surface area contributed by atoms with E-state index in [2.05, 4.69) is 5.43 Å². The molecule has 2 heterocycles. The third-order valence-corrected chi connectivity index (χ3v) is 4.35. The Balaban J connectivity index is 1.62. The molecule has 2 aliphatic heterocycles. The number of nitrogens with zero attached hydrogens (tertiary/aromatic N) is 2. The highest BCUT2D eigenvalue weighted by atomic mass is 16.6. The van der Waals surface area contributed by atoms with Crippen LogP contribution in [-0.2, 0) is 16.1 Å². The Bertz CT molecular complexity index is 612. The van der Waals surface area contributed by atoms with Crippen LogP contribution in [0.5, 0.6) is 0 Å². The molecule has 0 spiro atoms. The molecule has 2 aliphatic rings. The van der Waals surface area contributed by atoms with Gasteiger partial charge in [0.25, 0.3) is 0 Å². The second-order valence-electron chi connectivity index (χ2n) is 7.47. The normalized spacial score (nSPS) is 24.0. The van der Waals surface area contributed by atoms with Crippen molar-refractivity contribution in [2.45, 2.75) is 45.4 Å². The molecule has 2 unspecified atom stereocenters. The van der Waals surface area contributed by atoms with Crippen molar-refractivity contribution in [2.75, 3.05) is 13.1 Å². The first-order valence-corrected chi connectivity index (χ1v) is 8.43. The molecule has 0 aromatic heterocycles. The fourth-order valence-corrected chi connectivity index (χ4v) is 3.20. The van der Waals surface area contributed by atoms with Gasteiger partial charge in [-0.25, -0.2) is 10.2 Å². The Hall–Kier alpha value is -2.08. The first-order valence-electron chi connectivity index (χ1n) is 8.43. The Morgan fingerprint density at radius 3 is 2.67 bits per heavy atom. The largest absolute Gasteiger partial charge is 0.444 e. The van der Waals surface area contributed by atoms with Crippen LogP contribution < -0.4 is 5.43 Å². The monoisotopic (exact) mass is 331 g/mol. The van der Waals surface area contributed by atoms with E-state index >= 15 is 0 Å². The highest BCUT2D eigenvalue weighted by Crippen LogP contribution is 2.27. The summed E-state index contributed by atoms with van der Waals surface area (Å²) in [5.74, 6) is -0.146. The van der Waals surface area contributed by atoms with E-state index in [1.807, 2.05) is 51.1 Å². The maximum atomic E-state index is 12.7. The summed E-state index contributed by atoms with van der Waals surface area (Å²) in [6.45, 7) is 7.11. The van der Waals surface area contributed by atoms with Crippen molar-refractivity contribution < 1.29 is 14.3 Å². The van der Waals surface area contributed by atoms with Gasteiger partial charge in [-0.05, 0) is 32.8 Å². The predicted molar refractivity (Wildman–Crippen MR) is 89.8 cm³/mol. The Morgan fingerprint density at radius 1 is 1.29 bits per heavy atom. The van der Waals surface area contributed by atoms with E-state index in [0.717, 1.165) is 12.0 Å². The number of fused-ring (bicyclic) bond motifs is 1. The number of nitrogens with one attached hydrogen (secondary N) is 1. The van der Waals surface area contributed by atoms with Crippen molar-refractivity contribution in [2.24, 2.45) is 5.92 Å². The van der Waals surface area contributed by atoms with Crippen molar-refractivity contribution in [1.82, 2.24) is 15.3 Å². The number of hydrogen-bond acceptors (Lipinski definition) is 4. The minimum absolute atomic E-state index is 0.0529. The van der Waals surface area contributed by atoms with Gasteiger partial charge in [-0.3, -0.25) is 9.80 Å². The lowest BCUT2D eigenvalue weighted by Crippen LogP contribution is -2.49. The molecule has 0 radical (unpaired) electrons. The third-order valence-electron chi connectivity index (χ3n) is 4.35. The number of ether oxygens (including phenoxy) is 1. The van der Waals surface area contributed by atoms with Gasteiger partial charge >= 0.3 is 6.09 Å². The maximum Gasteiger partial charge on any atom is 0.410 e. The molecular formula is C18H25N3O3. The first-order chi connectivity index (χ1) is 11.3. The lowest BCUT2D eigenvalue weighted by atomic mass is 9.94. The minimum Gasteiger partial charge on any atom is -0.444 e. The van der Waals surface area contributed by atoms with Crippen LogP contribution in [0.4, 0.5) is 4.79 Å². The van der Waals surface area contributed by atoms with E-state index in [4.69, 9.17) is 4.74 Å². The van der Waals surface area contributed by atoms with Crippen molar-refractivity contribution in [3.8, 4) is 0 Å². The van der Waals surface area contributed by atoms with Gasteiger partial charge in [0.15, 0.2) is 0 Å². The summed E-state index contributed by atoms with van der Waals surface area (Å²) in [5, 5.41) is 1.68. The zero-order chi connectivity index (χ0) is 17.3. The van der Waals surface area contributed by atoms with Crippen LogP contribution in [0.3, 0.4) is 0 Å². The van der Waals surface area contributed by atoms with Gasteiger partial charge in [-0.1, -0.05) is 30.3 Å². The minimum atomic E-state index is -0.523. The smallest absolute Gasteiger partial charge is 0.410 e. The zero-order valence-corrected chi connectivity index (χ0v) is 14.5. The molecule has 6 heteroatoms. The molecule has 0 aliphatic carbocycles. The summed E-state index contributed by atoms with van der Waals surface area (Å²) in [5.41, 5.74) is 3.87. The second-order valence-corrected chi connectivity index (χ2v) is 7.47. The third kappa shape index (κ3) is 3.70. The SMILES string of the molecule is CC(C)(C)OC(=O)N1CCC2NN(Cc3ccccc3)C(=O)C2C1. The van der Waals surface area contributed by atoms with Crippen LogP contribution in [-0.4, -0.2) is 46.6 Å². The first kappa shape index (κ1) is 16.8. The molecule has 1 aromatic rings. The summed E-state index contributed by atoms with van der Waals surface area (Å²) >= 11 is 0. The van der Waals surface area contributed by atoms with Gasteiger partial charge in [-0.2, -0.15) is 0 Å².